The molecular formula is C28H28BrFN4O2. The molecule has 1 saturated heterocycles. The lowest BCUT2D eigenvalue weighted by molar-refractivity contribution is -0.120. The Bertz CT molecular complexity index is 1230. The molecule has 3 aromatic rings. The minimum atomic E-state index is -0.450. The van der Waals surface area contributed by atoms with Crippen LogP contribution in [-0.4, -0.2) is 43.0 Å². The van der Waals surface area contributed by atoms with E-state index in [0.717, 1.165) is 21.3 Å². The first-order valence-electron chi connectivity index (χ1n) is 11.7. The standard InChI is InChI=1S/C28H28BrFN4O2/c29-21-10-12-22(13-11-21)32-28(36)24-18-34(16-15-30)17-23(24)20-8-5-19(6-9-20)7-14-27(35)33-26-4-2-1-3-25(26)31/h1-14,23-24H,15-18,31H2,(H,32,36)(H,33,35)/b14-7+. The van der Waals surface area contributed by atoms with Crippen LogP contribution in [0.25, 0.3) is 6.08 Å². The van der Waals surface area contributed by atoms with E-state index in [0.29, 0.717) is 31.0 Å². The van der Waals surface area contributed by atoms with E-state index in [2.05, 4.69) is 26.6 Å². The van der Waals surface area contributed by atoms with E-state index >= 15 is 0 Å². The largest absolute Gasteiger partial charge is 0.397 e. The molecule has 4 rings (SSSR count). The molecule has 1 aliphatic heterocycles. The van der Waals surface area contributed by atoms with Crippen molar-refractivity contribution in [1.29, 1.82) is 0 Å². The number of para-hydroxylation sites is 2. The Morgan fingerprint density at radius 3 is 2.42 bits per heavy atom. The SMILES string of the molecule is Nc1ccccc1NC(=O)/C=C/c1ccc(C2CN(CCF)CC2C(=O)Nc2ccc(Br)cc2)cc1. The summed E-state index contributed by atoms with van der Waals surface area (Å²) in [6.45, 7) is 0.967. The van der Waals surface area contributed by atoms with Crippen LogP contribution < -0.4 is 16.4 Å². The molecule has 1 aliphatic rings. The fourth-order valence-electron chi connectivity index (χ4n) is 4.37. The van der Waals surface area contributed by atoms with Crippen LogP contribution in [0.15, 0.2) is 83.3 Å². The lowest BCUT2D eigenvalue weighted by Gasteiger charge is -2.19. The first-order valence-corrected chi connectivity index (χ1v) is 12.5. The molecule has 0 aromatic heterocycles. The highest BCUT2D eigenvalue weighted by atomic mass is 79.9. The van der Waals surface area contributed by atoms with Gasteiger partial charge in [0.2, 0.25) is 11.8 Å². The maximum absolute atomic E-state index is 13.1. The van der Waals surface area contributed by atoms with Gasteiger partial charge in [0, 0.05) is 41.8 Å². The van der Waals surface area contributed by atoms with Crippen molar-refractivity contribution in [2.45, 2.75) is 5.92 Å². The Balaban J connectivity index is 1.43. The number of rotatable bonds is 8. The zero-order chi connectivity index (χ0) is 25.5. The maximum Gasteiger partial charge on any atom is 0.248 e. The Morgan fingerprint density at radius 1 is 1.00 bits per heavy atom. The number of hydrogen-bond donors (Lipinski definition) is 3. The number of alkyl halides is 1. The van der Waals surface area contributed by atoms with E-state index in [4.69, 9.17) is 5.73 Å². The number of nitrogens with one attached hydrogen (secondary N) is 2. The van der Waals surface area contributed by atoms with Crippen molar-refractivity contribution < 1.29 is 14.0 Å². The summed E-state index contributed by atoms with van der Waals surface area (Å²) in [5.74, 6) is -0.720. The van der Waals surface area contributed by atoms with Crippen LogP contribution in [0.5, 0.6) is 0 Å². The van der Waals surface area contributed by atoms with Crippen molar-refractivity contribution in [1.82, 2.24) is 4.90 Å². The second kappa shape index (κ2) is 12.0. The Morgan fingerprint density at radius 2 is 1.72 bits per heavy atom. The number of anilines is 3. The summed E-state index contributed by atoms with van der Waals surface area (Å²) < 4.78 is 14.0. The quantitative estimate of drug-likeness (QED) is 0.262. The Kier molecular flexibility index (Phi) is 8.51. The highest BCUT2D eigenvalue weighted by Crippen LogP contribution is 2.34. The van der Waals surface area contributed by atoms with E-state index in [1.165, 1.54) is 6.08 Å². The molecule has 2 atom stereocenters. The van der Waals surface area contributed by atoms with Crippen molar-refractivity contribution in [3.8, 4) is 0 Å². The molecule has 186 valence electrons. The minimum absolute atomic E-state index is 0.0608. The van der Waals surface area contributed by atoms with Crippen molar-refractivity contribution in [2.75, 3.05) is 42.7 Å². The lowest BCUT2D eigenvalue weighted by atomic mass is 9.88. The number of likely N-dealkylation sites (tertiary alicyclic amines) is 1. The number of nitrogen functional groups attached to an aromatic ring is 1. The summed E-state index contributed by atoms with van der Waals surface area (Å²) in [5.41, 5.74) is 9.51. The average Bonchev–Trinajstić information content (AvgIpc) is 3.30. The van der Waals surface area contributed by atoms with Crippen LogP contribution in [0.1, 0.15) is 17.0 Å². The first-order chi connectivity index (χ1) is 17.4. The van der Waals surface area contributed by atoms with Gasteiger partial charge in [0.05, 0.1) is 17.3 Å². The van der Waals surface area contributed by atoms with Gasteiger partial charge in [-0.3, -0.25) is 14.5 Å². The Hall–Kier alpha value is -3.49. The number of amides is 2. The van der Waals surface area contributed by atoms with E-state index < -0.39 is 6.67 Å². The van der Waals surface area contributed by atoms with E-state index in [1.807, 2.05) is 53.4 Å². The van der Waals surface area contributed by atoms with Crippen molar-refractivity contribution in [3.63, 3.8) is 0 Å². The third kappa shape index (κ3) is 6.59. The third-order valence-corrected chi connectivity index (χ3v) is 6.78. The van der Waals surface area contributed by atoms with Gasteiger partial charge in [-0.2, -0.15) is 0 Å². The molecule has 8 heteroatoms. The molecule has 36 heavy (non-hydrogen) atoms. The Labute approximate surface area is 218 Å². The van der Waals surface area contributed by atoms with Crippen molar-refractivity contribution in [2.24, 2.45) is 5.92 Å². The highest BCUT2D eigenvalue weighted by molar-refractivity contribution is 9.10. The van der Waals surface area contributed by atoms with Crippen LogP contribution in [0.3, 0.4) is 0 Å². The predicted molar refractivity (Wildman–Crippen MR) is 146 cm³/mol. The number of benzene rings is 3. The fourth-order valence-corrected chi connectivity index (χ4v) is 4.63. The van der Waals surface area contributed by atoms with Gasteiger partial charge >= 0.3 is 0 Å². The second-order valence-corrected chi connectivity index (χ2v) is 9.65. The van der Waals surface area contributed by atoms with Crippen molar-refractivity contribution in [3.05, 3.63) is 94.5 Å². The summed E-state index contributed by atoms with van der Waals surface area (Å²) in [7, 11) is 0. The normalized spacial score (nSPS) is 17.8. The molecular weight excluding hydrogens is 523 g/mol. The maximum atomic E-state index is 13.1. The van der Waals surface area contributed by atoms with Gasteiger partial charge in [-0.15, -0.1) is 0 Å². The molecule has 1 fully saturated rings. The molecule has 0 aliphatic carbocycles. The first kappa shape index (κ1) is 25.6. The number of halogens is 2. The van der Waals surface area contributed by atoms with Gasteiger partial charge < -0.3 is 16.4 Å². The van der Waals surface area contributed by atoms with E-state index in [-0.39, 0.29) is 23.7 Å². The van der Waals surface area contributed by atoms with E-state index in [9.17, 15) is 14.0 Å². The smallest absolute Gasteiger partial charge is 0.248 e. The molecule has 3 aromatic carbocycles. The summed E-state index contributed by atoms with van der Waals surface area (Å²) in [6, 6.07) is 22.3. The zero-order valence-electron chi connectivity index (χ0n) is 19.7. The zero-order valence-corrected chi connectivity index (χ0v) is 21.2. The number of nitrogens with zero attached hydrogens (tertiary/aromatic N) is 1. The van der Waals surface area contributed by atoms with Crippen LogP contribution in [0, 0.1) is 5.92 Å². The summed E-state index contributed by atoms with van der Waals surface area (Å²) in [4.78, 5) is 27.4. The molecule has 2 unspecified atom stereocenters. The van der Waals surface area contributed by atoms with Gasteiger partial charge in [-0.05, 0) is 53.6 Å². The summed E-state index contributed by atoms with van der Waals surface area (Å²) in [5, 5.41) is 5.76. The minimum Gasteiger partial charge on any atom is -0.397 e. The number of nitrogens with two attached hydrogens (primary N) is 1. The molecule has 0 spiro atoms. The number of carbonyl (C=O) groups excluding carboxylic acids is 2. The lowest BCUT2D eigenvalue weighted by Crippen LogP contribution is -2.29. The second-order valence-electron chi connectivity index (χ2n) is 8.73. The van der Waals surface area contributed by atoms with Gasteiger partial charge in [0.15, 0.2) is 0 Å². The van der Waals surface area contributed by atoms with Crippen LogP contribution in [-0.2, 0) is 9.59 Å². The number of carbonyl (C=O) groups is 2. The van der Waals surface area contributed by atoms with E-state index in [1.54, 1.807) is 30.3 Å². The van der Waals surface area contributed by atoms with Crippen molar-refractivity contribution >= 4 is 50.9 Å². The fraction of sp³-hybridized carbons (Fsp3) is 0.214. The topological polar surface area (TPSA) is 87.5 Å². The predicted octanol–water partition coefficient (Wildman–Crippen LogP) is 5.31. The molecule has 6 nitrogen and oxygen atoms in total. The molecule has 0 saturated carbocycles. The van der Waals surface area contributed by atoms with Crippen LogP contribution >= 0.6 is 15.9 Å². The molecule has 0 radical (unpaired) electrons. The molecule has 4 N–H and O–H groups in total. The summed E-state index contributed by atoms with van der Waals surface area (Å²) >= 11 is 3.40. The van der Waals surface area contributed by atoms with Gasteiger partial charge in [-0.1, -0.05) is 52.3 Å². The number of hydrogen-bond acceptors (Lipinski definition) is 4. The molecule has 2 amide bonds. The molecule has 1 heterocycles. The van der Waals surface area contributed by atoms with Crippen LogP contribution in [0.4, 0.5) is 21.5 Å². The average molecular weight is 551 g/mol. The van der Waals surface area contributed by atoms with Gasteiger partial charge in [0.25, 0.3) is 0 Å². The van der Waals surface area contributed by atoms with Gasteiger partial charge in [0.1, 0.15) is 6.67 Å². The third-order valence-electron chi connectivity index (χ3n) is 6.26. The molecule has 0 bridgehead atoms. The van der Waals surface area contributed by atoms with Crippen LogP contribution in [0.2, 0.25) is 0 Å². The monoisotopic (exact) mass is 550 g/mol. The highest BCUT2D eigenvalue weighted by Gasteiger charge is 2.38. The van der Waals surface area contributed by atoms with Gasteiger partial charge in [-0.25, -0.2) is 4.39 Å². The summed E-state index contributed by atoms with van der Waals surface area (Å²) in [6.07, 6.45) is 3.18.